The molecule has 2 N–H and O–H groups in total. The minimum atomic E-state index is -1.00. The van der Waals surface area contributed by atoms with Crippen LogP contribution in [0.3, 0.4) is 0 Å². The average Bonchev–Trinajstić information content (AvgIpc) is 2.26. The van der Waals surface area contributed by atoms with Gasteiger partial charge in [-0.1, -0.05) is 18.2 Å². The van der Waals surface area contributed by atoms with Gasteiger partial charge in [0.2, 0.25) is 0 Å². The lowest BCUT2D eigenvalue weighted by Gasteiger charge is -2.37. The second-order valence-corrected chi connectivity index (χ2v) is 5.33. The lowest BCUT2D eigenvalue weighted by Crippen LogP contribution is -2.58. The molecule has 0 aliphatic carbocycles. The first kappa shape index (κ1) is 14.5. The molecule has 0 spiro atoms. The van der Waals surface area contributed by atoms with Crippen molar-refractivity contribution >= 4 is 5.91 Å². The molecular formula is C14H21NO3. The van der Waals surface area contributed by atoms with Gasteiger partial charge in [-0.05, 0) is 39.8 Å². The molecule has 0 bridgehead atoms. The Hall–Kier alpha value is -1.55. The third-order valence-corrected chi connectivity index (χ3v) is 3.09. The van der Waals surface area contributed by atoms with Crippen LogP contribution in [-0.4, -0.2) is 28.8 Å². The summed E-state index contributed by atoms with van der Waals surface area (Å²) in [5, 5.41) is 12.7. The van der Waals surface area contributed by atoms with Crippen LogP contribution in [-0.2, 0) is 4.79 Å². The van der Waals surface area contributed by atoms with Crippen molar-refractivity contribution < 1.29 is 14.6 Å². The van der Waals surface area contributed by atoms with Crippen molar-refractivity contribution in [1.29, 1.82) is 0 Å². The van der Waals surface area contributed by atoms with Crippen LogP contribution in [0.5, 0.6) is 5.75 Å². The van der Waals surface area contributed by atoms with Gasteiger partial charge in [0.05, 0.1) is 11.1 Å². The molecule has 0 unspecified atom stereocenters. The van der Waals surface area contributed by atoms with E-state index in [1.165, 1.54) is 0 Å². The highest BCUT2D eigenvalue weighted by molar-refractivity contribution is 5.78. The van der Waals surface area contributed by atoms with Crippen molar-refractivity contribution in [3.63, 3.8) is 0 Å². The number of rotatable bonds is 5. The van der Waals surface area contributed by atoms with Crippen LogP contribution in [0.1, 0.15) is 27.7 Å². The molecule has 4 heteroatoms. The Balaban J connectivity index is 2.48. The lowest BCUT2D eigenvalue weighted by atomic mass is 9.86. The molecule has 1 amide bonds. The standard InChI is InChI=1S/C14H21NO3/c1-13(2,14(3,4)17)15-12(16)10-18-11-8-6-5-7-9-11/h5-9,17H,10H2,1-4H3,(H,15,16). The number of hydrogen-bond acceptors (Lipinski definition) is 3. The lowest BCUT2D eigenvalue weighted by molar-refractivity contribution is -0.128. The third-order valence-electron chi connectivity index (χ3n) is 3.09. The van der Waals surface area contributed by atoms with Gasteiger partial charge >= 0.3 is 0 Å². The number of benzene rings is 1. The molecule has 4 nitrogen and oxygen atoms in total. The number of aliphatic hydroxyl groups is 1. The van der Waals surface area contributed by atoms with Gasteiger partial charge in [-0.3, -0.25) is 4.79 Å². The van der Waals surface area contributed by atoms with Crippen molar-refractivity contribution in [2.24, 2.45) is 0 Å². The Bertz CT molecular complexity index is 393. The second-order valence-electron chi connectivity index (χ2n) is 5.33. The molecule has 0 fully saturated rings. The Morgan fingerprint density at radius 1 is 1.22 bits per heavy atom. The number of hydrogen-bond donors (Lipinski definition) is 2. The van der Waals surface area contributed by atoms with Crippen molar-refractivity contribution in [2.75, 3.05) is 6.61 Å². The van der Waals surface area contributed by atoms with Gasteiger partial charge in [0.1, 0.15) is 5.75 Å². The normalized spacial score (nSPS) is 12.1. The van der Waals surface area contributed by atoms with E-state index < -0.39 is 11.1 Å². The summed E-state index contributed by atoms with van der Waals surface area (Å²) >= 11 is 0. The van der Waals surface area contributed by atoms with Crippen LogP contribution >= 0.6 is 0 Å². The summed E-state index contributed by atoms with van der Waals surface area (Å²) in [5.74, 6) is 0.389. The first-order valence-corrected chi connectivity index (χ1v) is 5.93. The Morgan fingerprint density at radius 3 is 2.28 bits per heavy atom. The number of ether oxygens (including phenoxy) is 1. The van der Waals surface area contributed by atoms with Gasteiger partial charge in [-0.25, -0.2) is 0 Å². The Morgan fingerprint density at radius 2 is 1.78 bits per heavy atom. The number of carbonyl (C=O) groups excluding carboxylic acids is 1. The first-order chi connectivity index (χ1) is 8.22. The van der Waals surface area contributed by atoms with Gasteiger partial charge in [-0.2, -0.15) is 0 Å². The molecule has 1 rings (SSSR count). The van der Waals surface area contributed by atoms with Gasteiger partial charge in [0.15, 0.2) is 6.61 Å². The minimum Gasteiger partial charge on any atom is -0.484 e. The van der Waals surface area contributed by atoms with E-state index in [0.717, 1.165) is 0 Å². The molecule has 0 radical (unpaired) electrons. The van der Waals surface area contributed by atoms with Gasteiger partial charge in [-0.15, -0.1) is 0 Å². The summed E-state index contributed by atoms with van der Waals surface area (Å²) in [6.45, 7) is 6.79. The zero-order valence-corrected chi connectivity index (χ0v) is 11.4. The smallest absolute Gasteiger partial charge is 0.258 e. The van der Waals surface area contributed by atoms with Crippen molar-refractivity contribution in [3.05, 3.63) is 30.3 Å². The van der Waals surface area contributed by atoms with Crippen molar-refractivity contribution in [2.45, 2.75) is 38.8 Å². The highest BCUT2D eigenvalue weighted by atomic mass is 16.5. The van der Waals surface area contributed by atoms with Crippen molar-refractivity contribution in [3.8, 4) is 5.75 Å². The molecule has 0 aromatic heterocycles. The van der Waals surface area contributed by atoms with E-state index >= 15 is 0 Å². The topological polar surface area (TPSA) is 58.6 Å². The molecule has 100 valence electrons. The summed E-state index contributed by atoms with van der Waals surface area (Å²) in [5.41, 5.74) is -1.72. The van der Waals surface area contributed by atoms with Crippen LogP contribution in [0.4, 0.5) is 0 Å². The molecular weight excluding hydrogens is 230 g/mol. The van der Waals surface area contributed by atoms with Gasteiger partial charge < -0.3 is 15.2 Å². The summed E-state index contributed by atoms with van der Waals surface area (Å²) in [7, 11) is 0. The fourth-order valence-electron chi connectivity index (χ4n) is 1.20. The quantitative estimate of drug-likeness (QED) is 0.838. The number of carbonyl (C=O) groups is 1. The summed E-state index contributed by atoms with van der Waals surface area (Å²) in [6.07, 6.45) is 0. The van der Waals surface area contributed by atoms with E-state index in [2.05, 4.69) is 5.32 Å². The second kappa shape index (κ2) is 5.40. The van der Waals surface area contributed by atoms with Crippen LogP contribution < -0.4 is 10.1 Å². The van der Waals surface area contributed by atoms with E-state index in [1.54, 1.807) is 39.8 Å². The van der Waals surface area contributed by atoms with Gasteiger partial charge in [0, 0.05) is 0 Å². The maximum absolute atomic E-state index is 11.7. The SMILES string of the molecule is CC(C)(O)C(C)(C)NC(=O)COc1ccccc1. The highest BCUT2D eigenvalue weighted by Crippen LogP contribution is 2.20. The average molecular weight is 251 g/mol. The van der Waals surface area contributed by atoms with Crippen LogP contribution in [0.2, 0.25) is 0 Å². The Kier molecular flexibility index (Phi) is 4.35. The zero-order valence-electron chi connectivity index (χ0n) is 11.4. The summed E-state index contributed by atoms with van der Waals surface area (Å²) in [6, 6.07) is 9.13. The summed E-state index contributed by atoms with van der Waals surface area (Å²) in [4.78, 5) is 11.7. The number of nitrogens with one attached hydrogen (secondary N) is 1. The molecule has 0 aliphatic rings. The van der Waals surface area contributed by atoms with E-state index in [1.807, 2.05) is 18.2 Å². The zero-order chi connectivity index (χ0) is 13.8. The van der Waals surface area contributed by atoms with Gasteiger partial charge in [0.25, 0.3) is 5.91 Å². The van der Waals surface area contributed by atoms with Crippen molar-refractivity contribution in [1.82, 2.24) is 5.32 Å². The van der Waals surface area contributed by atoms with E-state index in [4.69, 9.17) is 4.74 Å². The molecule has 1 aromatic carbocycles. The molecule has 0 aliphatic heterocycles. The molecule has 1 aromatic rings. The highest BCUT2D eigenvalue weighted by Gasteiger charge is 2.36. The third kappa shape index (κ3) is 4.04. The predicted molar refractivity (Wildman–Crippen MR) is 70.5 cm³/mol. The monoisotopic (exact) mass is 251 g/mol. The predicted octanol–water partition coefficient (Wildman–Crippen LogP) is 1.73. The van der Waals surface area contributed by atoms with Crippen LogP contribution in [0, 0.1) is 0 Å². The fourth-order valence-corrected chi connectivity index (χ4v) is 1.20. The molecule has 18 heavy (non-hydrogen) atoms. The first-order valence-electron chi connectivity index (χ1n) is 5.93. The number of amides is 1. The van der Waals surface area contributed by atoms with Crippen LogP contribution in [0.25, 0.3) is 0 Å². The molecule has 0 atom stereocenters. The largest absolute Gasteiger partial charge is 0.484 e. The minimum absolute atomic E-state index is 0.0659. The number of para-hydroxylation sites is 1. The fraction of sp³-hybridized carbons (Fsp3) is 0.500. The van der Waals surface area contributed by atoms with E-state index in [0.29, 0.717) is 5.75 Å². The molecule has 0 saturated heterocycles. The maximum atomic E-state index is 11.7. The summed E-state index contributed by atoms with van der Waals surface area (Å²) < 4.78 is 5.33. The Labute approximate surface area is 108 Å². The molecule has 0 saturated carbocycles. The molecule has 0 heterocycles. The maximum Gasteiger partial charge on any atom is 0.258 e. The van der Waals surface area contributed by atoms with E-state index in [-0.39, 0.29) is 12.5 Å². The van der Waals surface area contributed by atoms with E-state index in [9.17, 15) is 9.90 Å². The van der Waals surface area contributed by atoms with Crippen LogP contribution in [0.15, 0.2) is 30.3 Å².